The molecule has 0 amide bonds. The van der Waals surface area contributed by atoms with E-state index in [0.29, 0.717) is 13.2 Å². The van der Waals surface area contributed by atoms with Gasteiger partial charge >= 0.3 is 0 Å². The minimum absolute atomic E-state index is 0.0171. The van der Waals surface area contributed by atoms with Gasteiger partial charge in [-0.05, 0) is 31.9 Å². The predicted octanol–water partition coefficient (Wildman–Crippen LogP) is 3.19. The van der Waals surface area contributed by atoms with Crippen molar-refractivity contribution in [2.24, 2.45) is 0 Å². The number of aromatic nitrogens is 2. The van der Waals surface area contributed by atoms with Crippen LogP contribution in [0.4, 0.5) is 0 Å². The molecule has 0 aromatic carbocycles. The number of hydrogen-bond donors (Lipinski definition) is 0. The van der Waals surface area contributed by atoms with Gasteiger partial charge in [-0.1, -0.05) is 6.07 Å². The van der Waals surface area contributed by atoms with E-state index < -0.39 is 0 Å². The van der Waals surface area contributed by atoms with E-state index in [9.17, 15) is 0 Å². The molecule has 0 radical (unpaired) electrons. The highest BCUT2D eigenvalue weighted by Crippen LogP contribution is 2.37. The first-order valence-corrected chi connectivity index (χ1v) is 9.88. The van der Waals surface area contributed by atoms with Gasteiger partial charge in [0, 0.05) is 37.6 Å². The Morgan fingerprint density at radius 3 is 2.92 bits per heavy atom. The smallest absolute Gasteiger partial charge is 0.0901 e. The lowest BCUT2D eigenvalue weighted by molar-refractivity contribution is -0.0470. The number of piperidine rings is 1. The van der Waals surface area contributed by atoms with Crippen molar-refractivity contribution in [3.8, 4) is 0 Å². The topological polar surface area (TPSA) is 47.5 Å². The quantitative estimate of drug-likeness (QED) is 0.820. The van der Waals surface area contributed by atoms with E-state index in [1.807, 2.05) is 19.2 Å². The average molecular weight is 359 g/mol. The van der Waals surface area contributed by atoms with Gasteiger partial charge < -0.3 is 9.47 Å². The SMILES string of the molecule is Cc1nc(CO[C@H]2COC3(CCN(Cc4ccccn4)CC3)C2)cs1. The largest absolute Gasteiger partial charge is 0.372 e. The van der Waals surface area contributed by atoms with Crippen molar-refractivity contribution in [1.29, 1.82) is 0 Å². The van der Waals surface area contributed by atoms with Crippen molar-refractivity contribution < 1.29 is 9.47 Å². The third-order valence-electron chi connectivity index (χ3n) is 5.19. The van der Waals surface area contributed by atoms with Crippen LogP contribution in [0.25, 0.3) is 0 Å². The lowest BCUT2D eigenvalue weighted by atomic mass is 9.88. The number of hydrogen-bond acceptors (Lipinski definition) is 6. The molecule has 2 saturated heterocycles. The number of ether oxygens (including phenoxy) is 2. The molecule has 0 bridgehead atoms. The van der Waals surface area contributed by atoms with Crippen LogP contribution < -0.4 is 0 Å². The van der Waals surface area contributed by atoms with Crippen LogP contribution >= 0.6 is 11.3 Å². The molecule has 134 valence electrons. The zero-order valence-electron chi connectivity index (χ0n) is 14.7. The van der Waals surface area contributed by atoms with E-state index in [-0.39, 0.29) is 11.7 Å². The zero-order valence-corrected chi connectivity index (χ0v) is 15.5. The van der Waals surface area contributed by atoms with Gasteiger partial charge in [-0.15, -0.1) is 11.3 Å². The highest BCUT2D eigenvalue weighted by molar-refractivity contribution is 7.09. The molecule has 2 aliphatic rings. The normalized spacial score (nSPS) is 23.3. The predicted molar refractivity (Wildman–Crippen MR) is 97.5 cm³/mol. The Morgan fingerprint density at radius 2 is 2.20 bits per heavy atom. The maximum Gasteiger partial charge on any atom is 0.0901 e. The standard InChI is InChI=1S/C19H25N3O2S/c1-15-21-17(14-25-15)12-23-18-10-19(24-13-18)5-8-22(9-6-19)11-16-4-2-3-7-20-16/h2-4,7,14,18H,5-6,8-13H2,1H3/t18-/m1/s1. The molecule has 1 atom stereocenters. The molecule has 4 heterocycles. The molecule has 0 saturated carbocycles. The fraction of sp³-hybridized carbons (Fsp3) is 0.579. The molecule has 0 aliphatic carbocycles. The van der Waals surface area contributed by atoms with Crippen LogP contribution in [0, 0.1) is 6.92 Å². The number of rotatable bonds is 5. The number of likely N-dealkylation sites (tertiary alicyclic amines) is 1. The van der Waals surface area contributed by atoms with Gasteiger partial charge in [0.1, 0.15) is 0 Å². The van der Waals surface area contributed by atoms with Crippen LogP contribution in [0.1, 0.15) is 35.7 Å². The van der Waals surface area contributed by atoms with E-state index in [1.54, 1.807) is 11.3 Å². The second-order valence-corrected chi connectivity index (χ2v) is 8.15. The van der Waals surface area contributed by atoms with Crippen molar-refractivity contribution in [3.63, 3.8) is 0 Å². The summed E-state index contributed by atoms with van der Waals surface area (Å²) in [7, 11) is 0. The van der Waals surface area contributed by atoms with Crippen LogP contribution in [-0.2, 0) is 22.6 Å². The van der Waals surface area contributed by atoms with Gasteiger partial charge in [0.05, 0.1) is 41.3 Å². The molecule has 2 aliphatic heterocycles. The minimum Gasteiger partial charge on any atom is -0.372 e. The maximum absolute atomic E-state index is 6.20. The van der Waals surface area contributed by atoms with Crippen LogP contribution in [0.5, 0.6) is 0 Å². The fourth-order valence-corrected chi connectivity index (χ4v) is 4.37. The summed E-state index contributed by atoms with van der Waals surface area (Å²) in [5.74, 6) is 0. The zero-order chi connectivity index (χ0) is 17.1. The molecule has 2 aromatic heterocycles. The van der Waals surface area contributed by atoms with Gasteiger partial charge in [0.15, 0.2) is 0 Å². The molecule has 25 heavy (non-hydrogen) atoms. The van der Waals surface area contributed by atoms with Crippen molar-refractivity contribution in [1.82, 2.24) is 14.9 Å². The van der Waals surface area contributed by atoms with Gasteiger partial charge in [-0.2, -0.15) is 0 Å². The summed E-state index contributed by atoms with van der Waals surface area (Å²) in [6, 6.07) is 6.12. The molecule has 1 spiro atoms. The molecule has 6 heteroatoms. The fourth-order valence-electron chi connectivity index (χ4n) is 3.78. The first-order valence-electron chi connectivity index (χ1n) is 9.00. The molecular weight excluding hydrogens is 334 g/mol. The van der Waals surface area contributed by atoms with Crippen molar-refractivity contribution in [2.45, 2.75) is 51.0 Å². The third-order valence-corrected chi connectivity index (χ3v) is 6.01. The van der Waals surface area contributed by atoms with E-state index >= 15 is 0 Å². The Balaban J connectivity index is 1.24. The Kier molecular flexibility index (Phi) is 5.12. The summed E-state index contributed by atoms with van der Waals surface area (Å²) in [5, 5.41) is 3.18. The summed E-state index contributed by atoms with van der Waals surface area (Å²) < 4.78 is 12.2. The van der Waals surface area contributed by atoms with Gasteiger partial charge in [0.25, 0.3) is 0 Å². The van der Waals surface area contributed by atoms with Gasteiger partial charge in [0.2, 0.25) is 0 Å². The summed E-state index contributed by atoms with van der Waals surface area (Å²) in [6.45, 7) is 6.40. The van der Waals surface area contributed by atoms with E-state index in [4.69, 9.17) is 9.47 Å². The lowest BCUT2D eigenvalue weighted by Gasteiger charge is -2.38. The van der Waals surface area contributed by atoms with Crippen molar-refractivity contribution in [2.75, 3.05) is 19.7 Å². The summed E-state index contributed by atoms with van der Waals surface area (Å²) in [5.41, 5.74) is 2.20. The van der Waals surface area contributed by atoms with Crippen molar-refractivity contribution >= 4 is 11.3 Å². The number of thiazole rings is 1. The highest BCUT2D eigenvalue weighted by Gasteiger charge is 2.43. The second kappa shape index (κ2) is 7.50. The first kappa shape index (κ1) is 17.1. The van der Waals surface area contributed by atoms with E-state index in [0.717, 1.165) is 55.3 Å². The number of nitrogens with zero attached hydrogens (tertiary/aromatic N) is 3. The Morgan fingerprint density at radius 1 is 1.32 bits per heavy atom. The summed E-state index contributed by atoms with van der Waals surface area (Å²) in [4.78, 5) is 11.4. The minimum atomic E-state index is 0.0171. The van der Waals surface area contributed by atoms with E-state index in [2.05, 4.69) is 32.4 Å². The first-order chi connectivity index (χ1) is 12.2. The molecule has 4 rings (SSSR count). The monoisotopic (exact) mass is 359 g/mol. The second-order valence-electron chi connectivity index (χ2n) is 7.09. The Labute approximate surface area is 153 Å². The third kappa shape index (κ3) is 4.26. The number of pyridine rings is 1. The number of aryl methyl sites for hydroxylation is 1. The van der Waals surface area contributed by atoms with Crippen LogP contribution in [0.2, 0.25) is 0 Å². The van der Waals surface area contributed by atoms with Crippen LogP contribution in [0.15, 0.2) is 29.8 Å². The van der Waals surface area contributed by atoms with E-state index in [1.165, 1.54) is 0 Å². The lowest BCUT2D eigenvalue weighted by Crippen LogP contribution is -2.44. The van der Waals surface area contributed by atoms with Crippen LogP contribution in [0.3, 0.4) is 0 Å². The molecule has 5 nitrogen and oxygen atoms in total. The molecule has 0 N–H and O–H groups in total. The maximum atomic E-state index is 6.20. The molecular formula is C19H25N3O2S. The molecule has 2 fully saturated rings. The summed E-state index contributed by atoms with van der Waals surface area (Å²) >= 11 is 1.68. The molecule has 0 unspecified atom stereocenters. The highest BCUT2D eigenvalue weighted by atomic mass is 32.1. The molecule has 2 aromatic rings. The van der Waals surface area contributed by atoms with Gasteiger partial charge in [-0.3, -0.25) is 9.88 Å². The summed E-state index contributed by atoms with van der Waals surface area (Å²) in [6.07, 6.45) is 5.23. The van der Waals surface area contributed by atoms with Crippen molar-refractivity contribution in [3.05, 3.63) is 46.2 Å². The Hall–Kier alpha value is -1.34. The average Bonchev–Trinajstić information content (AvgIpc) is 3.23. The Bertz CT molecular complexity index is 683. The van der Waals surface area contributed by atoms with Gasteiger partial charge in [-0.25, -0.2) is 4.98 Å². The van der Waals surface area contributed by atoms with Crippen LogP contribution in [-0.4, -0.2) is 46.3 Å².